The molecule has 1 atom stereocenters. The van der Waals surface area contributed by atoms with Gasteiger partial charge in [0.15, 0.2) is 0 Å². The van der Waals surface area contributed by atoms with Crippen molar-refractivity contribution in [2.24, 2.45) is 5.92 Å². The molecule has 0 bridgehead atoms. The molecule has 1 N–H and O–H groups in total. The molecule has 1 nitrogen and oxygen atoms in total. The first kappa shape index (κ1) is 40.0. The zero-order valence-electron chi connectivity index (χ0n) is 22.6. The van der Waals surface area contributed by atoms with Crippen LogP contribution in [-0.2, 0) is 0 Å². The minimum atomic E-state index is 0. The third kappa shape index (κ3) is 20.2. The van der Waals surface area contributed by atoms with Crippen molar-refractivity contribution in [3.05, 3.63) is 78.6 Å². The Labute approximate surface area is 218 Å². The molecule has 0 amide bonds. The second-order valence-corrected chi connectivity index (χ2v) is 6.60. The van der Waals surface area contributed by atoms with Gasteiger partial charge >= 0.3 is 29.6 Å². The van der Waals surface area contributed by atoms with Crippen LogP contribution in [0.15, 0.2) is 48.1 Å². The molecule has 1 aromatic carbocycles. The first-order valence-electron chi connectivity index (χ1n) is 10.6. The molecule has 0 aliphatic rings. The number of aryl methyl sites for hydroxylation is 1. The molecule has 170 valence electrons. The van der Waals surface area contributed by atoms with Gasteiger partial charge in [-0.25, -0.2) is 12.0 Å². The van der Waals surface area contributed by atoms with Crippen LogP contribution in [0.2, 0.25) is 0 Å². The van der Waals surface area contributed by atoms with E-state index < -0.39 is 0 Å². The molecule has 0 fully saturated rings. The summed E-state index contributed by atoms with van der Waals surface area (Å²) < 4.78 is 0. The van der Waals surface area contributed by atoms with E-state index in [1.165, 1.54) is 29.4 Å². The molecule has 31 heavy (non-hydrogen) atoms. The fourth-order valence-electron chi connectivity index (χ4n) is 2.12. The first-order chi connectivity index (χ1) is 13.7. The number of allylic oxidation sites excluding steroid dienone is 5. The molecule has 0 radical (unpaired) electrons. The van der Waals surface area contributed by atoms with Crippen molar-refractivity contribution < 1.29 is 29.6 Å². The van der Waals surface area contributed by atoms with E-state index in [-0.39, 0.29) is 37.0 Å². The Balaban J connectivity index is -0.000000197. The topological polar surface area (TPSA) is 23.9 Å². The Bertz CT molecular complexity index is 687. The molecule has 0 saturated carbocycles. The number of hydrogen-bond acceptors (Lipinski definition) is 1. The summed E-state index contributed by atoms with van der Waals surface area (Å²) in [5, 5.41) is 6.08. The minimum Gasteiger partial charge on any atom is -0.358 e. The first-order valence-corrected chi connectivity index (χ1v) is 10.6. The third-order valence-electron chi connectivity index (χ3n) is 3.71. The summed E-state index contributed by atoms with van der Waals surface area (Å²) in [5.41, 5.74) is 6.86. The van der Waals surface area contributed by atoms with Gasteiger partial charge in [0, 0.05) is 5.56 Å². The molecule has 0 aliphatic heterocycles. The number of rotatable bonds is 5. The van der Waals surface area contributed by atoms with Crippen molar-refractivity contribution in [1.29, 1.82) is 5.41 Å². The van der Waals surface area contributed by atoms with Crippen LogP contribution in [0.25, 0.3) is 5.57 Å². The predicted octanol–water partition coefficient (Wildman–Crippen LogP) is 6.30. The van der Waals surface area contributed by atoms with Gasteiger partial charge in [0.2, 0.25) is 0 Å². The molecule has 1 rings (SSSR count). The van der Waals surface area contributed by atoms with E-state index in [0.717, 1.165) is 16.7 Å². The smallest absolute Gasteiger partial charge is 0.358 e. The van der Waals surface area contributed by atoms with Crippen molar-refractivity contribution in [1.82, 2.24) is 0 Å². The number of hydrogen-bond donors (Lipinski definition) is 1. The predicted molar refractivity (Wildman–Crippen MR) is 143 cm³/mol. The van der Waals surface area contributed by atoms with Crippen molar-refractivity contribution in [2.45, 2.75) is 75.7 Å². The summed E-state index contributed by atoms with van der Waals surface area (Å²) in [6.07, 6.45) is 14.6. The number of benzene rings is 1. The molecule has 0 spiro atoms. The van der Waals surface area contributed by atoms with Gasteiger partial charge in [-0.3, -0.25) is 0 Å². The molecule has 0 saturated heterocycles. The summed E-state index contributed by atoms with van der Waals surface area (Å²) in [4.78, 5) is 0. The Morgan fingerprint density at radius 3 is 2.03 bits per heavy atom. The fraction of sp³-hybridized carbons (Fsp3) is 0.414. The Morgan fingerprint density at radius 2 is 1.68 bits per heavy atom. The zero-order chi connectivity index (χ0) is 23.4. The zero-order valence-corrected chi connectivity index (χ0v) is 24.6. The largest absolute Gasteiger partial charge is 1.00 e. The van der Waals surface area contributed by atoms with E-state index in [9.17, 15) is 0 Å². The molecule has 2 heteroatoms. The third-order valence-corrected chi connectivity index (χ3v) is 3.71. The summed E-state index contributed by atoms with van der Waals surface area (Å²) >= 11 is 0. The van der Waals surface area contributed by atoms with Gasteiger partial charge in [0.25, 0.3) is 0 Å². The van der Waals surface area contributed by atoms with Crippen molar-refractivity contribution in [3.8, 4) is 12.3 Å². The van der Waals surface area contributed by atoms with Crippen LogP contribution < -0.4 is 29.6 Å². The van der Waals surface area contributed by atoms with E-state index in [2.05, 4.69) is 90.8 Å². The minimum absolute atomic E-state index is 0. The van der Waals surface area contributed by atoms with Crippen molar-refractivity contribution >= 4 is 11.8 Å². The molecule has 0 heterocycles. The van der Waals surface area contributed by atoms with Crippen LogP contribution >= 0.6 is 0 Å². The molecule has 1 unspecified atom stereocenters. The fourth-order valence-corrected chi connectivity index (χ4v) is 2.12. The van der Waals surface area contributed by atoms with Gasteiger partial charge in [-0.05, 0) is 51.1 Å². The Morgan fingerprint density at radius 1 is 1.23 bits per heavy atom. The van der Waals surface area contributed by atoms with E-state index >= 15 is 0 Å². The maximum atomic E-state index is 6.08. The van der Waals surface area contributed by atoms with Gasteiger partial charge in [0.05, 0.1) is 0 Å². The van der Waals surface area contributed by atoms with Crippen LogP contribution in [0.1, 0.15) is 85.4 Å². The SMILES string of the molecule is C#Cc1cc(C(/C=C(\C)[CH-]C(C)C(=C)C)=C/C)ccc1C.CC.CC=N.CCC.[CH3-].[Na+]. The van der Waals surface area contributed by atoms with Gasteiger partial charge in [-0.1, -0.05) is 83.6 Å². The Kier molecular flexibility index (Phi) is 34.3. The molecule has 1 aromatic rings. The standard InChI is InChI=1S/C21H25.C3H8.C2H5N.C2H6.CH3.Na/c1-8-19-14-21(11-10-17(19)6)20(9-2)13-16(5)12-18(7)15(3)4;1-3-2;1-2-3;1-2;;/h1,9-14,18H,3H2,2,4-7H3;3H2,1-2H3;2-3H,1H3;1-2H3;1H3;/q-1;;;;-1;+1/b16-13+,20-9+;;;;;. The van der Waals surface area contributed by atoms with Gasteiger partial charge in [-0.15, -0.1) is 18.6 Å². The van der Waals surface area contributed by atoms with Gasteiger partial charge in [-0.2, -0.15) is 6.08 Å². The summed E-state index contributed by atoms with van der Waals surface area (Å²) in [7, 11) is 0. The Hall–Kier alpha value is -1.46. The average molecular weight is 433 g/mol. The van der Waals surface area contributed by atoms with E-state index in [0.29, 0.717) is 5.92 Å². The summed E-state index contributed by atoms with van der Waals surface area (Å²) in [5.74, 6) is 3.14. The van der Waals surface area contributed by atoms with Crippen LogP contribution in [0.3, 0.4) is 0 Å². The van der Waals surface area contributed by atoms with Crippen LogP contribution in [0.4, 0.5) is 0 Å². The number of nitrogens with one attached hydrogen (secondary N) is 1. The van der Waals surface area contributed by atoms with Crippen molar-refractivity contribution in [3.63, 3.8) is 0 Å². The van der Waals surface area contributed by atoms with Gasteiger partial charge < -0.3 is 12.8 Å². The second kappa shape index (κ2) is 26.6. The number of terminal acetylenes is 1. The van der Waals surface area contributed by atoms with E-state index in [1.807, 2.05) is 20.8 Å². The van der Waals surface area contributed by atoms with Crippen LogP contribution in [0, 0.1) is 44.4 Å². The molecule has 0 aliphatic carbocycles. The quantitative estimate of drug-likeness (QED) is 0.141. The monoisotopic (exact) mass is 432 g/mol. The van der Waals surface area contributed by atoms with Gasteiger partial charge in [0.1, 0.15) is 0 Å². The molecular formula is C29H47NNa-. The van der Waals surface area contributed by atoms with E-state index in [4.69, 9.17) is 11.8 Å². The van der Waals surface area contributed by atoms with Crippen molar-refractivity contribution in [2.75, 3.05) is 0 Å². The van der Waals surface area contributed by atoms with Crippen LogP contribution in [0.5, 0.6) is 0 Å². The van der Waals surface area contributed by atoms with E-state index in [1.54, 1.807) is 6.92 Å². The molecule has 0 aromatic heterocycles. The summed E-state index contributed by atoms with van der Waals surface area (Å²) in [6.45, 7) is 24.4. The maximum absolute atomic E-state index is 6.08. The average Bonchev–Trinajstić information content (AvgIpc) is 2.69. The maximum Gasteiger partial charge on any atom is 1.00 e. The molecular weight excluding hydrogens is 385 g/mol. The van der Waals surface area contributed by atoms with Crippen LogP contribution in [-0.4, -0.2) is 6.21 Å². The summed E-state index contributed by atoms with van der Waals surface area (Å²) in [6, 6.07) is 6.28. The normalized spacial score (nSPS) is 10.4. The second-order valence-electron chi connectivity index (χ2n) is 6.60.